The van der Waals surface area contributed by atoms with Gasteiger partial charge in [0.2, 0.25) is 0 Å². The molecule has 0 bridgehead atoms. The van der Waals surface area contributed by atoms with E-state index in [4.69, 9.17) is 9.47 Å². The van der Waals surface area contributed by atoms with E-state index < -0.39 is 17.2 Å². The van der Waals surface area contributed by atoms with Crippen molar-refractivity contribution in [2.24, 2.45) is 0 Å². The van der Waals surface area contributed by atoms with E-state index >= 15 is 0 Å². The molecule has 0 aliphatic carbocycles. The highest BCUT2D eigenvalue weighted by atomic mass is 16.6. The van der Waals surface area contributed by atoms with Gasteiger partial charge < -0.3 is 19.5 Å². The molecule has 1 aliphatic rings. The number of esters is 1. The molecular formula is C26H33NO5. The van der Waals surface area contributed by atoms with Crippen LogP contribution in [-0.2, 0) is 15.1 Å². The maximum absolute atomic E-state index is 12.8. The first-order valence-electron chi connectivity index (χ1n) is 11.1. The Balaban J connectivity index is 1.68. The van der Waals surface area contributed by atoms with E-state index in [1.54, 1.807) is 50.8 Å². The third kappa shape index (κ3) is 5.49. The van der Waals surface area contributed by atoms with Crippen LogP contribution in [0.3, 0.4) is 0 Å². The third-order valence-corrected chi connectivity index (χ3v) is 5.76. The second-order valence-electron chi connectivity index (χ2n) is 9.28. The predicted octanol–water partition coefficient (Wildman–Crippen LogP) is 4.23. The van der Waals surface area contributed by atoms with E-state index in [2.05, 4.69) is 0 Å². The second-order valence-corrected chi connectivity index (χ2v) is 9.28. The Morgan fingerprint density at radius 3 is 2.28 bits per heavy atom. The minimum Gasteiger partial charge on any atom is -0.476 e. The zero-order chi connectivity index (χ0) is 23.5. The summed E-state index contributed by atoms with van der Waals surface area (Å²) >= 11 is 0. The largest absolute Gasteiger partial charge is 0.476 e. The molecular weight excluding hydrogens is 406 g/mol. The molecule has 6 nitrogen and oxygen atoms in total. The number of hydrogen-bond donors (Lipinski definition) is 1. The van der Waals surface area contributed by atoms with Crippen molar-refractivity contribution in [2.75, 3.05) is 13.1 Å². The molecule has 0 atom stereocenters. The van der Waals surface area contributed by atoms with E-state index in [1.807, 2.05) is 37.3 Å². The lowest BCUT2D eigenvalue weighted by Crippen LogP contribution is -2.45. The highest BCUT2D eigenvalue weighted by Gasteiger charge is 2.37. The molecule has 2 aromatic rings. The number of carbonyl (C=O) groups excluding carboxylic acids is 2. The van der Waals surface area contributed by atoms with Crippen LogP contribution < -0.4 is 4.74 Å². The van der Waals surface area contributed by atoms with Crippen LogP contribution in [0.5, 0.6) is 5.75 Å². The van der Waals surface area contributed by atoms with Crippen molar-refractivity contribution in [3.8, 4) is 5.75 Å². The number of nitrogens with zero attached hydrogens (tertiary/aromatic N) is 1. The molecule has 1 aliphatic heterocycles. The van der Waals surface area contributed by atoms with Crippen LogP contribution in [0.2, 0.25) is 0 Å². The summed E-state index contributed by atoms with van der Waals surface area (Å²) in [6, 6.07) is 14.7. The minimum absolute atomic E-state index is 0.0189. The highest BCUT2D eigenvalue weighted by Crippen LogP contribution is 2.35. The average Bonchev–Trinajstić information content (AvgIpc) is 2.74. The van der Waals surface area contributed by atoms with Gasteiger partial charge in [0, 0.05) is 18.7 Å². The fourth-order valence-electron chi connectivity index (χ4n) is 3.79. The summed E-state index contributed by atoms with van der Waals surface area (Å²) in [6.45, 7) is 9.81. The first-order valence-corrected chi connectivity index (χ1v) is 11.1. The summed E-state index contributed by atoms with van der Waals surface area (Å²) in [5, 5.41) is 11.3. The maximum Gasteiger partial charge on any atom is 0.350 e. The number of carbonyl (C=O) groups is 2. The van der Waals surface area contributed by atoms with Gasteiger partial charge in [0.1, 0.15) is 5.75 Å². The molecule has 0 saturated carbocycles. The van der Waals surface area contributed by atoms with E-state index in [0.29, 0.717) is 42.8 Å². The van der Waals surface area contributed by atoms with Gasteiger partial charge in [-0.05, 0) is 77.3 Å². The van der Waals surface area contributed by atoms with Crippen molar-refractivity contribution >= 4 is 11.9 Å². The second kappa shape index (κ2) is 9.33. The molecule has 0 radical (unpaired) electrons. The number of benzene rings is 2. The Hall–Kier alpha value is -2.86. The van der Waals surface area contributed by atoms with Crippen LogP contribution in [0.4, 0.5) is 0 Å². The lowest BCUT2D eigenvalue weighted by Gasteiger charge is -2.39. The fraction of sp³-hybridized carbons (Fsp3) is 0.462. The first-order chi connectivity index (χ1) is 15.0. The lowest BCUT2D eigenvalue weighted by molar-refractivity contribution is -0.163. The molecule has 1 saturated heterocycles. The average molecular weight is 440 g/mol. The van der Waals surface area contributed by atoms with E-state index in [0.717, 1.165) is 5.56 Å². The lowest BCUT2D eigenvalue weighted by atomic mass is 9.84. The van der Waals surface area contributed by atoms with Crippen molar-refractivity contribution in [2.45, 2.75) is 64.8 Å². The molecule has 32 heavy (non-hydrogen) atoms. The SMILES string of the molecule is Cc1ccc(C(=O)N2CCC(O)(c3cccc(OC(C)(C)C(=O)OC(C)C)c3)CC2)cc1. The van der Waals surface area contributed by atoms with Crippen LogP contribution >= 0.6 is 0 Å². The van der Waals surface area contributed by atoms with Crippen molar-refractivity contribution < 1.29 is 24.2 Å². The fourth-order valence-corrected chi connectivity index (χ4v) is 3.79. The minimum atomic E-state index is -1.16. The molecule has 1 fully saturated rings. The summed E-state index contributed by atoms with van der Waals surface area (Å²) in [6.07, 6.45) is 0.616. The standard InChI is InChI=1S/C26H33NO5/c1-18(2)31-24(29)25(4,5)32-22-8-6-7-21(17-22)26(30)13-15-27(16-14-26)23(28)20-11-9-19(3)10-12-20/h6-12,17-18,30H,13-16H2,1-5H3. The van der Waals surface area contributed by atoms with Gasteiger partial charge in [-0.1, -0.05) is 29.8 Å². The molecule has 0 spiro atoms. The Bertz CT molecular complexity index is 956. The molecule has 2 aromatic carbocycles. The number of likely N-dealkylation sites (tertiary alicyclic amines) is 1. The monoisotopic (exact) mass is 439 g/mol. The quantitative estimate of drug-likeness (QED) is 0.682. The first kappa shape index (κ1) is 23.8. The van der Waals surface area contributed by atoms with Crippen molar-refractivity contribution in [1.82, 2.24) is 4.90 Å². The maximum atomic E-state index is 12.8. The smallest absolute Gasteiger partial charge is 0.350 e. The van der Waals surface area contributed by atoms with E-state index in [1.165, 1.54) is 0 Å². The highest BCUT2D eigenvalue weighted by molar-refractivity contribution is 5.94. The molecule has 0 aromatic heterocycles. The Morgan fingerprint density at radius 2 is 1.69 bits per heavy atom. The Morgan fingerprint density at radius 1 is 1.06 bits per heavy atom. The van der Waals surface area contributed by atoms with Crippen LogP contribution in [0.15, 0.2) is 48.5 Å². The van der Waals surface area contributed by atoms with Crippen molar-refractivity contribution in [1.29, 1.82) is 0 Å². The molecule has 1 amide bonds. The molecule has 172 valence electrons. The summed E-state index contributed by atoms with van der Waals surface area (Å²) in [4.78, 5) is 26.9. The van der Waals surface area contributed by atoms with Gasteiger partial charge in [-0.3, -0.25) is 4.79 Å². The van der Waals surface area contributed by atoms with Crippen LogP contribution in [0.1, 0.15) is 62.0 Å². The van der Waals surface area contributed by atoms with Gasteiger partial charge in [-0.25, -0.2) is 4.79 Å². The van der Waals surface area contributed by atoms with Crippen LogP contribution in [0, 0.1) is 6.92 Å². The summed E-state index contributed by atoms with van der Waals surface area (Å²) in [5.74, 6) is 0.0221. The zero-order valence-electron chi connectivity index (χ0n) is 19.6. The summed E-state index contributed by atoms with van der Waals surface area (Å²) < 4.78 is 11.2. The number of rotatable bonds is 6. The number of aliphatic hydroxyl groups is 1. The predicted molar refractivity (Wildman–Crippen MR) is 123 cm³/mol. The number of hydrogen-bond acceptors (Lipinski definition) is 5. The molecule has 6 heteroatoms. The zero-order valence-corrected chi connectivity index (χ0v) is 19.6. The third-order valence-electron chi connectivity index (χ3n) is 5.76. The van der Waals surface area contributed by atoms with Crippen molar-refractivity contribution in [3.05, 3.63) is 65.2 Å². The molecule has 1 N–H and O–H groups in total. The van der Waals surface area contributed by atoms with Gasteiger partial charge in [-0.2, -0.15) is 0 Å². The van der Waals surface area contributed by atoms with Crippen LogP contribution in [0.25, 0.3) is 0 Å². The number of ether oxygens (including phenoxy) is 2. The molecule has 1 heterocycles. The molecule has 0 unspecified atom stereocenters. The summed E-state index contributed by atoms with van der Waals surface area (Å²) in [7, 11) is 0. The molecule has 3 rings (SSSR count). The van der Waals surface area contributed by atoms with E-state index in [9.17, 15) is 14.7 Å². The number of aryl methyl sites for hydroxylation is 1. The normalized spacial score (nSPS) is 16.0. The van der Waals surface area contributed by atoms with Crippen LogP contribution in [-0.4, -0.2) is 46.7 Å². The van der Waals surface area contributed by atoms with Gasteiger partial charge in [0.15, 0.2) is 5.60 Å². The Labute approximate surface area is 190 Å². The number of piperidine rings is 1. The topological polar surface area (TPSA) is 76.1 Å². The van der Waals surface area contributed by atoms with Gasteiger partial charge in [-0.15, -0.1) is 0 Å². The van der Waals surface area contributed by atoms with Gasteiger partial charge in [0.05, 0.1) is 11.7 Å². The van der Waals surface area contributed by atoms with Gasteiger partial charge in [0.25, 0.3) is 5.91 Å². The Kier molecular flexibility index (Phi) is 6.94. The number of amides is 1. The summed E-state index contributed by atoms with van der Waals surface area (Å²) in [5.41, 5.74) is 0.260. The van der Waals surface area contributed by atoms with E-state index in [-0.39, 0.29) is 12.0 Å². The van der Waals surface area contributed by atoms with Gasteiger partial charge >= 0.3 is 5.97 Å². The van der Waals surface area contributed by atoms with Crippen molar-refractivity contribution in [3.63, 3.8) is 0 Å².